The molecular weight excluding hydrogens is 386 g/mol. The van der Waals surface area contributed by atoms with Crippen molar-refractivity contribution in [2.45, 2.75) is 59.2 Å². The lowest BCUT2D eigenvalue weighted by Gasteiger charge is -2.31. The van der Waals surface area contributed by atoms with Gasteiger partial charge in [-0.2, -0.15) is 10.2 Å². The van der Waals surface area contributed by atoms with Gasteiger partial charge < -0.3 is 25.1 Å². The van der Waals surface area contributed by atoms with Crippen LogP contribution in [0.25, 0.3) is 0 Å². The molecule has 0 aromatic carbocycles. The first-order chi connectivity index (χ1) is 14.0. The molecule has 164 valence electrons. The first kappa shape index (κ1) is 23.4. The molecule has 0 saturated carbocycles. The molecule has 2 bridgehead atoms. The highest BCUT2D eigenvalue weighted by atomic mass is 16.4. The van der Waals surface area contributed by atoms with Crippen LogP contribution in [-0.2, 0) is 9.59 Å². The molecule has 9 heteroatoms. The summed E-state index contributed by atoms with van der Waals surface area (Å²) in [5.41, 5.74) is -0.330. The molecule has 0 aliphatic carbocycles. The predicted octanol–water partition coefficient (Wildman–Crippen LogP) is 1.65. The number of rotatable bonds is 3. The zero-order valence-corrected chi connectivity index (χ0v) is 18.4. The molecule has 30 heavy (non-hydrogen) atoms. The van der Waals surface area contributed by atoms with Crippen LogP contribution >= 0.6 is 0 Å². The van der Waals surface area contributed by atoms with Gasteiger partial charge in [-0.15, -0.1) is 0 Å². The van der Waals surface area contributed by atoms with Gasteiger partial charge in [-0.05, 0) is 17.8 Å². The van der Waals surface area contributed by atoms with Crippen molar-refractivity contribution in [3.8, 4) is 6.07 Å². The molecule has 3 atom stereocenters. The second kappa shape index (κ2) is 9.30. The number of nitriles is 1. The molecule has 2 heterocycles. The number of anilines is 1. The van der Waals surface area contributed by atoms with Crippen molar-refractivity contribution in [1.82, 2.24) is 15.6 Å². The van der Waals surface area contributed by atoms with Crippen LogP contribution in [0.5, 0.6) is 0 Å². The maximum Gasteiger partial charge on any atom is 0.249 e. The molecule has 0 fully saturated rings. The highest BCUT2D eigenvalue weighted by Gasteiger charge is 2.36. The number of amides is 2. The van der Waals surface area contributed by atoms with E-state index in [0.717, 1.165) is 0 Å². The Morgan fingerprint density at radius 1 is 1.43 bits per heavy atom. The summed E-state index contributed by atoms with van der Waals surface area (Å²) in [5.74, 6) is -0.727. The number of nitrogens with one attached hydrogen (secondary N) is 2. The number of oxazole rings is 1. The summed E-state index contributed by atoms with van der Waals surface area (Å²) in [7, 11) is 1.78. The third-order valence-corrected chi connectivity index (χ3v) is 4.93. The lowest BCUT2D eigenvalue weighted by Crippen LogP contribution is -2.52. The van der Waals surface area contributed by atoms with E-state index in [9.17, 15) is 20.0 Å². The smallest absolute Gasteiger partial charge is 0.249 e. The second-order valence-corrected chi connectivity index (χ2v) is 8.96. The highest BCUT2D eigenvalue weighted by molar-refractivity contribution is 5.89. The molecule has 2 amide bonds. The topological polar surface area (TPSA) is 131 Å². The molecule has 0 unspecified atom stereocenters. The maximum absolute atomic E-state index is 13.1. The van der Waals surface area contributed by atoms with E-state index in [2.05, 4.69) is 15.6 Å². The first-order valence-corrected chi connectivity index (χ1v) is 10.0. The minimum absolute atomic E-state index is 0.147. The Bertz CT molecular complexity index is 847. The summed E-state index contributed by atoms with van der Waals surface area (Å²) in [6, 6.07) is 0.537. The van der Waals surface area contributed by atoms with Crippen LogP contribution in [0.3, 0.4) is 0 Å². The summed E-state index contributed by atoms with van der Waals surface area (Å²) in [5, 5.41) is 25.0. The Morgan fingerprint density at radius 3 is 2.67 bits per heavy atom. The fourth-order valence-electron chi connectivity index (χ4n) is 3.01. The lowest BCUT2D eigenvalue weighted by atomic mass is 9.86. The van der Waals surface area contributed by atoms with E-state index in [1.807, 2.05) is 32.9 Å². The summed E-state index contributed by atoms with van der Waals surface area (Å²) < 4.78 is 5.88. The number of aliphatic hydroxyl groups excluding tert-OH is 1. The largest absolute Gasteiger partial charge is 0.421 e. The third-order valence-electron chi connectivity index (χ3n) is 4.93. The van der Waals surface area contributed by atoms with Crippen molar-refractivity contribution in [2.24, 2.45) is 11.3 Å². The average Bonchev–Trinajstić information content (AvgIpc) is 3.09. The Morgan fingerprint density at radius 2 is 2.10 bits per heavy atom. The van der Waals surface area contributed by atoms with E-state index in [4.69, 9.17) is 4.42 Å². The molecule has 0 saturated heterocycles. The van der Waals surface area contributed by atoms with Crippen molar-refractivity contribution in [3.05, 3.63) is 23.7 Å². The molecule has 1 aliphatic heterocycles. The summed E-state index contributed by atoms with van der Waals surface area (Å²) in [6.45, 7) is 9.63. The summed E-state index contributed by atoms with van der Waals surface area (Å²) in [6.07, 6.45) is 2.64. The van der Waals surface area contributed by atoms with Crippen molar-refractivity contribution in [1.29, 1.82) is 5.26 Å². The molecule has 0 radical (unpaired) electrons. The van der Waals surface area contributed by atoms with E-state index in [1.54, 1.807) is 31.9 Å². The minimum Gasteiger partial charge on any atom is -0.421 e. The van der Waals surface area contributed by atoms with Gasteiger partial charge in [-0.1, -0.05) is 46.8 Å². The lowest BCUT2D eigenvalue weighted by molar-refractivity contribution is -0.136. The van der Waals surface area contributed by atoms with Gasteiger partial charge in [-0.3, -0.25) is 9.59 Å². The van der Waals surface area contributed by atoms with Crippen LogP contribution in [-0.4, -0.2) is 47.6 Å². The second-order valence-electron chi connectivity index (χ2n) is 8.96. The van der Waals surface area contributed by atoms with Crippen molar-refractivity contribution in [2.75, 3.05) is 18.5 Å². The Hall–Kier alpha value is -2.86. The SMILES string of the molecule is CC(C)[C@H](O)C(=O)N[C@H]1C/C=C\CN(C)c2oc(nc2C#N)[C@H](C(C)(C)C)NC1=O. The number of fused-ring (bicyclic) bond motifs is 2. The monoisotopic (exact) mass is 417 g/mol. The molecule has 1 aliphatic rings. The maximum atomic E-state index is 13.1. The van der Waals surface area contributed by atoms with Gasteiger partial charge >= 0.3 is 0 Å². The van der Waals surface area contributed by atoms with Crippen LogP contribution in [0.2, 0.25) is 0 Å². The number of hydrogen-bond acceptors (Lipinski definition) is 7. The molecule has 2 rings (SSSR count). The van der Waals surface area contributed by atoms with E-state index in [1.165, 1.54) is 0 Å². The van der Waals surface area contributed by atoms with Crippen LogP contribution < -0.4 is 15.5 Å². The molecular formula is C21H31N5O4. The predicted molar refractivity (Wildman–Crippen MR) is 111 cm³/mol. The number of aromatic nitrogens is 1. The van der Waals surface area contributed by atoms with Crippen molar-refractivity contribution >= 4 is 17.7 Å². The van der Waals surface area contributed by atoms with Crippen molar-refractivity contribution in [3.63, 3.8) is 0 Å². The van der Waals surface area contributed by atoms with Gasteiger partial charge in [0.15, 0.2) is 0 Å². The molecule has 9 nitrogen and oxygen atoms in total. The van der Waals surface area contributed by atoms with E-state index in [0.29, 0.717) is 12.4 Å². The number of carbonyl (C=O) groups excluding carboxylic acids is 2. The van der Waals surface area contributed by atoms with Crippen LogP contribution in [0.15, 0.2) is 16.6 Å². The van der Waals surface area contributed by atoms with E-state index >= 15 is 0 Å². The van der Waals surface area contributed by atoms with Gasteiger partial charge in [0.05, 0.1) is 0 Å². The van der Waals surface area contributed by atoms with Gasteiger partial charge in [-0.25, -0.2) is 0 Å². The summed E-state index contributed by atoms with van der Waals surface area (Å²) in [4.78, 5) is 31.5. The zero-order chi connectivity index (χ0) is 22.6. The average molecular weight is 418 g/mol. The fraction of sp³-hybridized carbons (Fsp3) is 0.619. The molecule has 3 N–H and O–H groups in total. The molecule has 1 aromatic heterocycles. The Balaban J connectivity index is 2.41. The van der Waals surface area contributed by atoms with Crippen molar-refractivity contribution < 1.29 is 19.1 Å². The van der Waals surface area contributed by atoms with Gasteiger partial charge in [0.2, 0.25) is 29.3 Å². The number of nitrogens with zero attached hydrogens (tertiary/aromatic N) is 3. The van der Waals surface area contributed by atoms with E-state index < -0.39 is 35.4 Å². The van der Waals surface area contributed by atoms with Crippen LogP contribution in [0.4, 0.5) is 5.88 Å². The zero-order valence-electron chi connectivity index (χ0n) is 18.4. The summed E-state index contributed by atoms with van der Waals surface area (Å²) >= 11 is 0. The third kappa shape index (κ3) is 5.39. The fourth-order valence-corrected chi connectivity index (χ4v) is 3.01. The molecule has 1 aromatic rings. The quantitative estimate of drug-likeness (QED) is 0.637. The van der Waals surface area contributed by atoms with Crippen LogP contribution in [0.1, 0.15) is 58.7 Å². The standard InChI is InChI=1S/C21H31N5O4/c1-12(2)15(27)18(29)23-13-9-7-8-10-26(6)20-14(11-22)24-19(30-20)16(21(3,4)5)25-17(13)28/h7-8,12-13,15-16,27H,9-10H2,1-6H3,(H,23,29)(H,25,28)/b8-7-/t13-,15-,16+/m0/s1. The molecule has 0 spiro atoms. The number of aliphatic hydroxyl groups is 1. The Kier molecular flexibility index (Phi) is 7.26. The van der Waals surface area contributed by atoms with Gasteiger partial charge in [0.1, 0.15) is 24.3 Å². The minimum atomic E-state index is -1.21. The van der Waals surface area contributed by atoms with E-state index in [-0.39, 0.29) is 23.9 Å². The normalized spacial score (nSPS) is 22.4. The number of carbonyl (C=O) groups is 2. The highest BCUT2D eigenvalue weighted by Crippen LogP contribution is 2.35. The number of likely N-dealkylation sites (N-methyl/N-ethyl adjacent to an activating group) is 1. The van der Waals surface area contributed by atoms with Gasteiger partial charge in [0, 0.05) is 13.6 Å². The first-order valence-electron chi connectivity index (χ1n) is 10.0. The van der Waals surface area contributed by atoms with Gasteiger partial charge in [0.25, 0.3) is 0 Å². The Labute approximate surface area is 177 Å². The number of hydrogen-bond donors (Lipinski definition) is 3. The van der Waals surface area contributed by atoms with Crippen LogP contribution in [0, 0.1) is 22.7 Å².